The predicted molar refractivity (Wildman–Crippen MR) is 80.7 cm³/mol. The number of hydrogen-bond acceptors (Lipinski definition) is 6. The van der Waals surface area contributed by atoms with Crippen LogP contribution in [0.1, 0.15) is 16.1 Å². The van der Waals surface area contributed by atoms with Gasteiger partial charge >= 0.3 is 0 Å². The molecule has 1 amide bonds. The molecule has 1 aromatic rings. The molecule has 1 N–H and O–H groups in total. The summed E-state index contributed by atoms with van der Waals surface area (Å²) in [7, 11) is 3.71. The van der Waals surface area contributed by atoms with Crippen LogP contribution in [-0.2, 0) is 4.74 Å². The molecule has 7 nitrogen and oxygen atoms in total. The smallest absolute Gasteiger partial charge is 0.254 e. The molecule has 21 heavy (non-hydrogen) atoms. The van der Waals surface area contributed by atoms with Gasteiger partial charge in [-0.25, -0.2) is 9.97 Å². The molecule has 2 rings (SSSR count). The maximum absolute atomic E-state index is 12.0. The number of likely N-dealkylation sites (N-methyl/N-ethyl adjacent to an activating group) is 1. The van der Waals surface area contributed by atoms with E-state index in [-0.39, 0.29) is 5.91 Å². The molecule has 1 fully saturated rings. The van der Waals surface area contributed by atoms with Crippen molar-refractivity contribution in [2.45, 2.75) is 6.92 Å². The Hall–Kier alpha value is -1.73. The fourth-order valence-corrected chi connectivity index (χ4v) is 2.20. The Balaban J connectivity index is 2.01. The van der Waals surface area contributed by atoms with Crippen LogP contribution in [0.25, 0.3) is 0 Å². The summed E-state index contributed by atoms with van der Waals surface area (Å²) in [5.41, 5.74) is 1.22. The maximum Gasteiger partial charge on any atom is 0.254 e. The molecule has 1 aliphatic rings. The number of carbonyl (C=O) groups is 1. The van der Waals surface area contributed by atoms with Gasteiger partial charge in [-0.05, 0) is 14.0 Å². The van der Waals surface area contributed by atoms with E-state index in [4.69, 9.17) is 4.74 Å². The van der Waals surface area contributed by atoms with E-state index >= 15 is 0 Å². The van der Waals surface area contributed by atoms with Crippen LogP contribution < -0.4 is 10.2 Å². The average molecular weight is 293 g/mol. The number of piperazine rings is 1. The number of aromatic nitrogens is 2. The minimum absolute atomic E-state index is 0.158. The average Bonchev–Trinajstić information content (AvgIpc) is 2.48. The number of nitrogens with one attached hydrogen (secondary N) is 1. The third kappa shape index (κ3) is 4.12. The fourth-order valence-electron chi connectivity index (χ4n) is 2.20. The van der Waals surface area contributed by atoms with Gasteiger partial charge in [0.25, 0.3) is 5.91 Å². The number of anilines is 1. The quantitative estimate of drug-likeness (QED) is 0.765. The van der Waals surface area contributed by atoms with E-state index in [1.54, 1.807) is 13.3 Å². The number of methoxy groups -OCH3 is 1. The molecule has 0 radical (unpaired) electrons. The molecule has 7 heteroatoms. The standard InChI is InChI=1S/C14H23N5O2/c1-11-12(13(20)15-4-9-21-3)10-16-14(17-11)19-7-5-18(2)6-8-19/h10H,4-9H2,1-3H3,(H,15,20). The van der Waals surface area contributed by atoms with Crippen LogP contribution in [0.15, 0.2) is 6.20 Å². The molecule has 2 heterocycles. The van der Waals surface area contributed by atoms with E-state index < -0.39 is 0 Å². The Labute approximate surface area is 125 Å². The van der Waals surface area contributed by atoms with Crippen LogP contribution in [0.5, 0.6) is 0 Å². The van der Waals surface area contributed by atoms with Crippen molar-refractivity contribution in [3.8, 4) is 0 Å². The largest absolute Gasteiger partial charge is 0.383 e. The second-order valence-electron chi connectivity index (χ2n) is 5.21. The van der Waals surface area contributed by atoms with Crippen LogP contribution in [0.3, 0.4) is 0 Å². The van der Waals surface area contributed by atoms with Crippen LogP contribution >= 0.6 is 0 Å². The van der Waals surface area contributed by atoms with Gasteiger partial charge in [0, 0.05) is 46.0 Å². The lowest BCUT2D eigenvalue weighted by Crippen LogP contribution is -2.45. The zero-order valence-electron chi connectivity index (χ0n) is 12.9. The minimum Gasteiger partial charge on any atom is -0.383 e. The highest BCUT2D eigenvalue weighted by Gasteiger charge is 2.18. The van der Waals surface area contributed by atoms with E-state index in [0.717, 1.165) is 26.2 Å². The summed E-state index contributed by atoms with van der Waals surface area (Å²) in [6.45, 7) is 6.64. The highest BCUT2D eigenvalue weighted by Crippen LogP contribution is 2.13. The first kappa shape index (κ1) is 15.7. The molecule has 1 aromatic heterocycles. The van der Waals surface area contributed by atoms with Crippen LogP contribution in [0.2, 0.25) is 0 Å². The SMILES string of the molecule is COCCNC(=O)c1cnc(N2CCN(C)CC2)nc1C. The van der Waals surface area contributed by atoms with Gasteiger partial charge in [-0.2, -0.15) is 0 Å². The molecule has 1 saturated heterocycles. The van der Waals surface area contributed by atoms with E-state index in [2.05, 4.69) is 32.1 Å². The van der Waals surface area contributed by atoms with E-state index in [1.807, 2.05) is 6.92 Å². The van der Waals surface area contributed by atoms with Crippen molar-refractivity contribution < 1.29 is 9.53 Å². The van der Waals surface area contributed by atoms with Crippen molar-refractivity contribution in [1.82, 2.24) is 20.2 Å². The molecular weight excluding hydrogens is 270 g/mol. The molecule has 0 atom stereocenters. The molecule has 0 unspecified atom stereocenters. The first-order chi connectivity index (χ1) is 10.1. The zero-order chi connectivity index (χ0) is 15.2. The highest BCUT2D eigenvalue weighted by atomic mass is 16.5. The Morgan fingerprint density at radius 3 is 2.71 bits per heavy atom. The Morgan fingerprint density at radius 2 is 2.10 bits per heavy atom. The molecule has 0 bridgehead atoms. The molecule has 0 aliphatic carbocycles. The second-order valence-corrected chi connectivity index (χ2v) is 5.21. The van der Waals surface area contributed by atoms with Crippen LogP contribution in [0.4, 0.5) is 5.95 Å². The molecule has 0 spiro atoms. The number of nitrogens with zero attached hydrogens (tertiary/aromatic N) is 4. The monoisotopic (exact) mass is 293 g/mol. The van der Waals surface area contributed by atoms with Crippen molar-refractivity contribution in [3.63, 3.8) is 0 Å². The van der Waals surface area contributed by atoms with Gasteiger partial charge in [0.15, 0.2) is 0 Å². The Morgan fingerprint density at radius 1 is 1.38 bits per heavy atom. The second kappa shape index (κ2) is 7.33. The topological polar surface area (TPSA) is 70.6 Å². The maximum atomic E-state index is 12.0. The first-order valence-electron chi connectivity index (χ1n) is 7.16. The van der Waals surface area contributed by atoms with Crippen LogP contribution in [0, 0.1) is 6.92 Å². The number of carbonyl (C=O) groups excluding carboxylic acids is 1. The lowest BCUT2D eigenvalue weighted by Gasteiger charge is -2.32. The van der Waals surface area contributed by atoms with Gasteiger partial charge in [0.1, 0.15) is 0 Å². The van der Waals surface area contributed by atoms with Gasteiger partial charge in [-0.15, -0.1) is 0 Å². The van der Waals surface area contributed by atoms with Gasteiger partial charge in [-0.3, -0.25) is 4.79 Å². The molecule has 0 aromatic carbocycles. The molecular formula is C14H23N5O2. The number of ether oxygens (including phenoxy) is 1. The number of aryl methyl sites for hydroxylation is 1. The third-order valence-corrected chi connectivity index (χ3v) is 3.59. The summed E-state index contributed by atoms with van der Waals surface area (Å²) < 4.78 is 4.91. The number of amides is 1. The predicted octanol–water partition coefficient (Wildman–Crippen LogP) is -0.0870. The summed E-state index contributed by atoms with van der Waals surface area (Å²) in [6, 6.07) is 0. The summed E-state index contributed by atoms with van der Waals surface area (Å²) >= 11 is 0. The summed E-state index contributed by atoms with van der Waals surface area (Å²) in [4.78, 5) is 25.3. The number of rotatable bonds is 5. The molecule has 1 aliphatic heterocycles. The molecule has 116 valence electrons. The van der Waals surface area contributed by atoms with Gasteiger partial charge in [-0.1, -0.05) is 0 Å². The minimum atomic E-state index is -0.158. The normalized spacial score (nSPS) is 16.0. The van der Waals surface area contributed by atoms with E-state index in [9.17, 15) is 4.79 Å². The highest BCUT2D eigenvalue weighted by molar-refractivity contribution is 5.94. The lowest BCUT2D eigenvalue weighted by atomic mass is 10.2. The Bertz CT molecular complexity index is 486. The van der Waals surface area contributed by atoms with Crippen molar-refractivity contribution in [2.75, 3.05) is 58.4 Å². The van der Waals surface area contributed by atoms with E-state index in [0.29, 0.717) is 30.4 Å². The number of hydrogen-bond donors (Lipinski definition) is 1. The zero-order valence-corrected chi connectivity index (χ0v) is 12.9. The van der Waals surface area contributed by atoms with Crippen molar-refractivity contribution in [1.29, 1.82) is 0 Å². The Kier molecular flexibility index (Phi) is 5.46. The fraction of sp³-hybridized carbons (Fsp3) is 0.643. The van der Waals surface area contributed by atoms with Gasteiger partial charge < -0.3 is 19.9 Å². The summed E-state index contributed by atoms with van der Waals surface area (Å²) in [5.74, 6) is 0.545. The van der Waals surface area contributed by atoms with Crippen molar-refractivity contribution in [3.05, 3.63) is 17.5 Å². The summed E-state index contributed by atoms with van der Waals surface area (Å²) in [6.07, 6.45) is 1.61. The lowest BCUT2D eigenvalue weighted by molar-refractivity contribution is 0.0935. The van der Waals surface area contributed by atoms with Crippen LogP contribution in [-0.4, -0.2) is 74.3 Å². The van der Waals surface area contributed by atoms with Gasteiger partial charge in [0.2, 0.25) is 5.95 Å². The summed E-state index contributed by atoms with van der Waals surface area (Å²) in [5, 5.41) is 2.78. The molecule has 0 saturated carbocycles. The third-order valence-electron chi connectivity index (χ3n) is 3.59. The first-order valence-corrected chi connectivity index (χ1v) is 7.16. The van der Waals surface area contributed by atoms with Gasteiger partial charge in [0.05, 0.1) is 17.9 Å². The van der Waals surface area contributed by atoms with Crippen molar-refractivity contribution in [2.24, 2.45) is 0 Å². The van der Waals surface area contributed by atoms with Crippen molar-refractivity contribution >= 4 is 11.9 Å². The van der Waals surface area contributed by atoms with E-state index in [1.165, 1.54) is 0 Å².